The van der Waals surface area contributed by atoms with E-state index in [1.54, 1.807) is 6.20 Å². The van der Waals surface area contributed by atoms with Crippen molar-refractivity contribution in [2.75, 3.05) is 40.3 Å². The number of likely N-dealkylation sites (N-methyl/N-ethyl adjacent to an activating group) is 1. The van der Waals surface area contributed by atoms with E-state index in [0.29, 0.717) is 12.5 Å². The highest BCUT2D eigenvalue weighted by atomic mass is 15.2. The number of hydrogen-bond donors (Lipinski definition) is 4. The third-order valence-corrected chi connectivity index (χ3v) is 2.46. The molecular formula is C12H22N8. The Morgan fingerprint density at radius 1 is 1.50 bits per heavy atom. The largest absolute Gasteiger partial charge is 0.354 e. The first kappa shape index (κ1) is 15.9. The Balaban J connectivity index is 2.19. The number of rotatable bonds is 8. The summed E-state index contributed by atoms with van der Waals surface area (Å²) in [5, 5.41) is 24.3. The van der Waals surface area contributed by atoms with Gasteiger partial charge >= 0.3 is 0 Å². The van der Waals surface area contributed by atoms with Crippen LogP contribution < -0.4 is 16.0 Å². The first-order valence-corrected chi connectivity index (χ1v) is 6.49. The second kappa shape index (κ2) is 9.77. The fraction of sp³-hybridized carbons (Fsp3) is 0.583. The predicted octanol–water partition coefficient (Wildman–Crippen LogP) is -0.923. The fourth-order valence-electron chi connectivity index (χ4n) is 1.44. The van der Waals surface area contributed by atoms with Crippen LogP contribution in [0, 0.1) is 11.5 Å². The molecule has 0 atom stereocenters. The first-order chi connectivity index (χ1) is 9.72. The lowest BCUT2D eigenvalue weighted by Gasteiger charge is -2.12. The molecule has 4 N–H and O–H groups in total. The average molecular weight is 278 g/mol. The third kappa shape index (κ3) is 7.35. The van der Waals surface area contributed by atoms with Crippen LogP contribution in [-0.2, 0) is 6.54 Å². The summed E-state index contributed by atoms with van der Waals surface area (Å²) in [6, 6.07) is 1.92. The van der Waals surface area contributed by atoms with Crippen LogP contribution in [0.25, 0.3) is 0 Å². The van der Waals surface area contributed by atoms with Crippen LogP contribution in [0.1, 0.15) is 5.69 Å². The summed E-state index contributed by atoms with van der Waals surface area (Å²) >= 11 is 0. The SMILES string of the molecule is CN(C)CCNC(=NCCNCc1ccn[nH]1)NC#N. The molecule has 0 aliphatic heterocycles. The van der Waals surface area contributed by atoms with E-state index in [9.17, 15) is 0 Å². The molecule has 110 valence electrons. The number of aliphatic imine (C=N–C) groups is 1. The summed E-state index contributed by atoms with van der Waals surface area (Å²) < 4.78 is 0. The van der Waals surface area contributed by atoms with Crippen LogP contribution in [-0.4, -0.2) is 61.3 Å². The minimum Gasteiger partial charge on any atom is -0.354 e. The van der Waals surface area contributed by atoms with Crippen molar-refractivity contribution in [2.45, 2.75) is 6.54 Å². The molecule has 1 heterocycles. The van der Waals surface area contributed by atoms with E-state index in [4.69, 9.17) is 5.26 Å². The Bertz CT molecular complexity index is 417. The Morgan fingerprint density at radius 3 is 3.00 bits per heavy atom. The Morgan fingerprint density at radius 2 is 2.35 bits per heavy atom. The Hall–Kier alpha value is -2.11. The van der Waals surface area contributed by atoms with Gasteiger partial charge in [-0.1, -0.05) is 0 Å². The van der Waals surface area contributed by atoms with Crippen molar-refractivity contribution >= 4 is 5.96 Å². The molecule has 8 heteroatoms. The molecule has 0 unspecified atom stereocenters. The number of H-pyrrole nitrogens is 1. The molecule has 0 saturated carbocycles. The van der Waals surface area contributed by atoms with E-state index in [-0.39, 0.29) is 0 Å². The van der Waals surface area contributed by atoms with Crippen molar-refractivity contribution in [1.29, 1.82) is 5.26 Å². The number of nitrogens with one attached hydrogen (secondary N) is 4. The maximum Gasteiger partial charge on any atom is 0.204 e. The summed E-state index contributed by atoms with van der Waals surface area (Å²) in [5.74, 6) is 0.512. The number of aromatic amines is 1. The number of nitriles is 1. The van der Waals surface area contributed by atoms with Gasteiger partial charge in [0, 0.05) is 38.1 Å². The molecule has 20 heavy (non-hydrogen) atoms. The van der Waals surface area contributed by atoms with E-state index in [1.807, 2.05) is 26.4 Å². The number of hydrogen-bond acceptors (Lipinski definition) is 5. The molecule has 0 aromatic carbocycles. The van der Waals surface area contributed by atoms with E-state index in [0.717, 1.165) is 31.9 Å². The zero-order valence-corrected chi connectivity index (χ0v) is 12.0. The van der Waals surface area contributed by atoms with Gasteiger partial charge in [-0.05, 0) is 20.2 Å². The molecule has 0 aliphatic rings. The molecule has 0 saturated heterocycles. The van der Waals surface area contributed by atoms with Crippen molar-refractivity contribution in [3.63, 3.8) is 0 Å². The third-order valence-electron chi connectivity index (χ3n) is 2.46. The van der Waals surface area contributed by atoms with Crippen molar-refractivity contribution in [3.8, 4) is 6.19 Å². The van der Waals surface area contributed by atoms with Crippen LogP contribution in [0.15, 0.2) is 17.3 Å². The molecular weight excluding hydrogens is 256 g/mol. The van der Waals surface area contributed by atoms with Crippen LogP contribution in [0.3, 0.4) is 0 Å². The molecule has 8 nitrogen and oxygen atoms in total. The highest BCUT2D eigenvalue weighted by Crippen LogP contribution is 1.88. The predicted molar refractivity (Wildman–Crippen MR) is 77.9 cm³/mol. The van der Waals surface area contributed by atoms with Gasteiger partial charge in [-0.15, -0.1) is 0 Å². The Labute approximate surface area is 119 Å². The topological polar surface area (TPSA) is 104 Å². The molecule has 1 aromatic heterocycles. The summed E-state index contributed by atoms with van der Waals surface area (Å²) in [7, 11) is 3.99. The van der Waals surface area contributed by atoms with Crippen molar-refractivity contribution in [2.24, 2.45) is 4.99 Å². The minimum absolute atomic E-state index is 0.512. The van der Waals surface area contributed by atoms with Gasteiger partial charge < -0.3 is 15.5 Å². The second-order valence-corrected chi connectivity index (χ2v) is 4.46. The lowest BCUT2D eigenvalue weighted by molar-refractivity contribution is 0.412. The highest BCUT2D eigenvalue weighted by molar-refractivity contribution is 5.81. The van der Waals surface area contributed by atoms with E-state index in [2.05, 4.69) is 36.0 Å². The summed E-state index contributed by atoms with van der Waals surface area (Å²) in [4.78, 5) is 6.35. The maximum absolute atomic E-state index is 8.65. The van der Waals surface area contributed by atoms with E-state index in [1.165, 1.54) is 0 Å². The van der Waals surface area contributed by atoms with Crippen LogP contribution in [0.4, 0.5) is 0 Å². The van der Waals surface area contributed by atoms with Crippen molar-refractivity contribution < 1.29 is 0 Å². The summed E-state index contributed by atoms with van der Waals surface area (Å²) in [6.07, 6.45) is 3.60. The summed E-state index contributed by atoms with van der Waals surface area (Å²) in [6.45, 7) is 3.66. The zero-order valence-electron chi connectivity index (χ0n) is 12.0. The van der Waals surface area contributed by atoms with E-state index < -0.39 is 0 Å². The van der Waals surface area contributed by atoms with E-state index >= 15 is 0 Å². The molecule has 1 aromatic rings. The Kier molecular flexibility index (Phi) is 7.79. The molecule has 0 radical (unpaired) electrons. The van der Waals surface area contributed by atoms with Gasteiger partial charge in [-0.3, -0.25) is 15.4 Å². The van der Waals surface area contributed by atoms with Gasteiger partial charge in [0.1, 0.15) is 0 Å². The molecule has 0 fully saturated rings. The number of nitrogens with zero attached hydrogens (tertiary/aromatic N) is 4. The number of aromatic nitrogens is 2. The molecule has 0 spiro atoms. The van der Waals surface area contributed by atoms with Crippen LogP contribution in [0.5, 0.6) is 0 Å². The fourth-order valence-corrected chi connectivity index (χ4v) is 1.44. The van der Waals surface area contributed by atoms with Crippen LogP contribution in [0.2, 0.25) is 0 Å². The molecule has 0 aliphatic carbocycles. The average Bonchev–Trinajstić information content (AvgIpc) is 2.91. The van der Waals surface area contributed by atoms with Crippen LogP contribution >= 0.6 is 0 Å². The number of guanidine groups is 1. The molecule has 1 rings (SSSR count). The van der Waals surface area contributed by atoms with Crippen molar-refractivity contribution in [3.05, 3.63) is 18.0 Å². The van der Waals surface area contributed by atoms with Gasteiger partial charge in [0.15, 0.2) is 6.19 Å². The second-order valence-electron chi connectivity index (χ2n) is 4.46. The van der Waals surface area contributed by atoms with Gasteiger partial charge in [0.25, 0.3) is 0 Å². The zero-order chi connectivity index (χ0) is 14.6. The van der Waals surface area contributed by atoms with Crippen molar-refractivity contribution in [1.82, 2.24) is 31.0 Å². The normalized spacial score (nSPS) is 11.4. The molecule has 0 amide bonds. The monoisotopic (exact) mass is 278 g/mol. The lowest BCUT2D eigenvalue weighted by Crippen LogP contribution is -2.39. The first-order valence-electron chi connectivity index (χ1n) is 6.49. The quantitative estimate of drug-likeness (QED) is 0.161. The van der Waals surface area contributed by atoms with Gasteiger partial charge in [-0.2, -0.15) is 10.4 Å². The van der Waals surface area contributed by atoms with Gasteiger partial charge in [-0.25, -0.2) is 0 Å². The minimum atomic E-state index is 0.512. The lowest BCUT2D eigenvalue weighted by atomic mass is 10.4. The highest BCUT2D eigenvalue weighted by Gasteiger charge is 1.97. The molecule has 0 bridgehead atoms. The van der Waals surface area contributed by atoms with Gasteiger partial charge in [0.05, 0.1) is 6.54 Å². The van der Waals surface area contributed by atoms with Gasteiger partial charge in [0.2, 0.25) is 5.96 Å². The smallest absolute Gasteiger partial charge is 0.204 e. The summed E-state index contributed by atoms with van der Waals surface area (Å²) in [5.41, 5.74) is 1.04. The standard InChI is InChI=1S/C12H22N8/c1-20(2)8-7-16-12(17-10-13)15-6-5-14-9-11-3-4-18-19-11/h3-4,14H,5-9H2,1-2H3,(H,18,19)(H2,15,16,17). The maximum atomic E-state index is 8.65.